The minimum absolute atomic E-state index is 0.00386. The minimum Gasteiger partial charge on any atom is -0.386 e. The zero-order chi connectivity index (χ0) is 27.2. The fourth-order valence-corrected chi connectivity index (χ4v) is 7.01. The lowest BCUT2D eigenvalue weighted by Crippen LogP contribution is -2.51. The Morgan fingerprint density at radius 3 is 2.61 bits per heavy atom. The minimum atomic E-state index is -1.32. The van der Waals surface area contributed by atoms with Crippen molar-refractivity contribution < 1.29 is 19.8 Å². The Morgan fingerprint density at radius 2 is 1.82 bits per heavy atom. The van der Waals surface area contributed by atoms with E-state index in [0.717, 1.165) is 10.6 Å². The number of aliphatic hydroxyl groups excluding tert-OH is 2. The van der Waals surface area contributed by atoms with Gasteiger partial charge < -0.3 is 15.5 Å². The molecule has 8 atom stereocenters. The molecule has 4 aliphatic rings. The monoisotopic (exact) mass is 514 g/mol. The smallest absolute Gasteiger partial charge is 0.235 e. The van der Waals surface area contributed by atoms with Crippen LogP contribution in [-0.4, -0.2) is 46.7 Å². The maximum Gasteiger partial charge on any atom is 0.235 e. The molecular formula is C32H38N2O4. The molecule has 0 radical (unpaired) electrons. The highest BCUT2D eigenvalue weighted by Gasteiger charge is 2.64. The summed E-state index contributed by atoms with van der Waals surface area (Å²) in [6.45, 7) is 8.63. The molecule has 1 amide bonds. The van der Waals surface area contributed by atoms with E-state index in [2.05, 4.69) is 49.3 Å². The van der Waals surface area contributed by atoms with Gasteiger partial charge in [0.1, 0.15) is 17.6 Å². The van der Waals surface area contributed by atoms with Crippen LogP contribution < -0.4 is 15.9 Å². The number of benzene rings is 1. The number of nitrogens with one attached hydrogen (secondary N) is 1. The summed E-state index contributed by atoms with van der Waals surface area (Å²) in [6.07, 6.45) is 9.75. The van der Waals surface area contributed by atoms with Crippen molar-refractivity contribution in [1.82, 2.24) is 5.32 Å². The fourth-order valence-electron chi connectivity index (χ4n) is 7.01. The molecule has 1 saturated heterocycles. The van der Waals surface area contributed by atoms with E-state index in [1.54, 1.807) is 6.92 Å². The van der Waals surface area contributed by atoms with Crippen molar-refractivity contribution >= 4 is 17.3 Å². The third kappa shape index (κ3) is 4.34. The van der Waals surface area contributed by atoms with Crippen molar-refractivity contribution in [3.8, 4) is 0 Å². The highest BCUT2D eigenvalue weighted by Crippen LogP contribution is 2.55. The quantitative estimate of drug-likeness (QED) is 0.417. The maximum absolute atomic E-state index is 14.2. The van der Waals surface area contributed by atoms with Gasteiger partial charge in [0.2, 0.25) is 5.91 Å². The maximum atomic E-state index is 14.2. The number of amides is 1. The second-order valence-corrected chi connectivity index (χ2v) is 11.6. The summed E-state index contributed by atoms with van der Waals surface area (Å²) in [5.74, 6) is -1.13. The average Bonchev–Trinajstić information content (AvgIpc) is 3.43. The second kappa shape index (κ2) is 10.2. The van der Waals surface area contributed by atoms with E-state index < -0.39 is 23.5 Å². The summed E-state index contributed by atoms with van der Waals surface area (Å²) in [4.78, 5) is 32.8. The van der Waals surface area contributed by atoms with Crippen LogP contribution in [-0.2, 0) is 9.59 Å². The molecule has 6 heteroatoms. The lowest BCUT2D eigenvalue weighted by atomic mass is 9.55. The van der Waals surface area contributed by atoms with Gasteiger partial charge in [-0.2, -0.15) is 0 Å². The van der Waals surface area contributed by atoms with Crippen molar-refractivity contribution in [2.75, 3.05) is 6.54 Å². The largest absolute Gasteiger partial charge is 0.386 e. The summed E-state index contributed by atoms with van der Waals surface area (Å²) >= 11 is 0. The molecule has 1 spiro atoms. The molecule has 6 nitrogen and oxygen atoms in total. The van der Waals surface area contributed by atoms with E-state index in [0.29, 0.717) is 25.0 Å². The number of hydrogen-bond donors (Lipinski definition) is 3. The predicted octanol–water partition coefficient (Wildman–Crippen LogP) is 2.56. The van der Waals surface area contributed by atoms with Crippen LogP contribution in [0.3, 0.4) is 0 Å². The van der Waals surface area contributed by atoms with Gasteiger partial charge in [-0.05, 0) is 67.9 Å². The van der Waals surface area contributed by atoms with Crippen LogP contribution >= 0.6 is 0 Å². The Kier molecular flexibility index (Phi) is 7.14. The molecule has 3 N–H and O–H groups in total. The van der Waals surface area contributed by atoms with Crippen LogP contribution in [0.25, 0.3) is 5.57 Å². The van der Waals surface area contributed by atoms with Crippen LogP contribution in [0.5, 0.6) is 0 Å². The Labute approximate surface area is 224 Å². The molecule has 1 aromatic carbocycles. The summed E-state index contributed by atoms with van der Waals surface area (Å²) in [7, 11) is 0. The first kappa shape index (κ1) is 26.5. The van der Waals surface area contributed by atoms with Crippen LogP contribution in [0.15, 0.2) is 76.9 Å². The topological polar surface area (TPSA) is 99.0 Å². The zero-order valence-corrected chi connectivity index (χ0v) is 22.6. The number of fused-ring (bicyclic) bond motifs is 1. The summed E-state index contributed by atoms with van der Waals surface area (Å²) in [5.41, 5.74) is 1.68. The lowest BCUT2D eigenvalue weighted by Gasteiger charge is -2.44. The standard InChI is InChI=1S/C32H38N2O4/c1-18-8-7-9-23-15-19(2)21(4)29-26(16-22-17-33-25-11-6-5-10-24(22)25)34-31(38)32(23,29)28(36)13-12-27(35)30(37)20(3)14-18/h5-7,9-15,18,21,23,26-27,29-30,35,37H,8,16-17H2,1-4H3,(H,34,38)/b9-7-,13-12-,20-14-/t18-,21+,23+,26-,27-,29-,30+,32-/m0/s1. The number of para-hydroxylation sites is 1. The van der Waals surface area contributed by atoms with Gasteiger partial charge >= 0.3 is 0 Å². The number of rotatable bonds is 2. The van der Waals surface area contributed by atoms with Crippen molar-refractivity contribution in [2.45, 2.75) is 58.8 Å². The SMILES string of the molecule is CC1=C[C@H]2/C=C\C[C@H](C)/C=C(/C)[C@@H](O)[C@@H](O)/C=C\C(=O)[C@@]23C(=O)N[C@@H](CC2=c4ccccc4=NC2)[C@@H]3[C@@H]1C. The van der Waals surface area contributed by atoms with Gasteiger partial charge in [-0.3, -0.25) is 14.6 Å². The third-order valence-corrected chi connectivity index (χ3v) is 9.11. The molecular weight excluding hydrogens is 476 g/mol. The van der Waals surface area contributed by atoms with E-state index >= 15 is 0 Å². The Hall–Kier alpha value is -3.09. The van der Waals surface area contributed by atoms with E-state index in [1.165, 1.54) is 23.3 Å². The first-order valence-corrected chi connectivity index (χ1v) is 13.7. The molecule has 200 valence electrons. The summed E-state index contributed by atoms with van der Waals surface area (Å²) in [5, 5.41) is 26.6. The van der Waals surface area contributed by atoms with Gasteiger partial charge in [0, 0.05) is 23.1 Å². The second-order valence-electron chi connectivity index (χ2n) is 11.6. The molecule has 2 aliphatic carbocycles. The molecule has 38 heavy (non-hydrogen) atoms. The van der Waals surface area contributed by atoms with Crippen LogP contribution in [0.1, 0.15) is 40.5 Å². The van der Waals surface area contributed by atoms with Crippen LogP contribution in [0.4, 0.5) is 0 Å². The zero-order valence-electron chi connectivity index (χ0n) is 22.6. The van der Waals surface area contributed by atoms with Gasteiger partial charge in [0.05, 0.1) is 11.9 Å². The van der Waals surface area contributed by atoms with Crippen molar-refractivity contribution in [2.24, 2.45) is 34.1 Å². The fraction of sp³-hybridized carbons (Fsp3) is 0.469. The lowest BCUT2D eigenvalue weighted by molar-refractivity contribution is -0.142. The average molecular weight is 515 g/mol. The molecule has 1 aromatic rings. The Bertz CT molecular complexity index is 1390. The van der Waals surface area contributed by atoms with E-state index in [1.807, 2.05) is 30.4 Å². The van der Waals surface area contributed by atoms with Crippen molar-refractivity contribution in [1.29, 1.82) is 0 Å². The predicted molar refractivity (Wildman–Crippen MR) is 147 cm³/mol. The highest BCUT2D eigenvalue weighted by molar-refractivity contribution is 6.13. The molecule has 1 fully saturated rings. The van der Waals surface area contributed by atoms with Gasteiger partial charge in [-0.1, -0.05) is 61.9 Å². The molecule has 0 unspecified atom stereocenters. The number of aliphatic hydroxyl groups is 2. The molecule has 0 saturated carbocycles. The van der Waals surface area contributed by atoms with Gasteiger partial charge in [0.25, 0.3) is 0 Å². The number of hydrogen-bond acceptors (Lipinski definition) is 5. The van der Waals surface area contributed by atoms with E-state index in [4.69, 9.17) is 0 Å². The summed E-state index contributed by atoms with van der Waals surface area (Å²) < 4.78 is 0. The molecule has 0 bridgehead atoms. The number of allylic oxidation sites excluding steroid dienone is 6. The van der Waals surface area contributed by atoms with Crippen LogP contribution in [0.2, 0.25) is 0 Å². The normalized spacial score (nSPS) is 40.1. The van der Waals surface area contributed by atoms with Gasteiger partial charge in [-0.15, -0.1) is 0 Å². The third-order valence-electron chi connectivity index (χ3n) is 9.11. The Balaban J connectivity index is 1.61. The van der Waals surface area contributed by atoms with Crippen molar-refractivity contribution in [3.63, 3.8) is 0 Å². The first-order chi connectivity index (χ1) is 18.1. The molecule has 2 heterocycles. The number of carbonyl (C=O) groups excluding carboxylic acids is 2. The molecule has 5 rings (SSSR count). The molecule has 0 aromatic heterocycles. The highest BCUT2D eigenvalue weighted by atomic mass is 16.3. The van der Waals surface area contributed by atoms with E-state index in [9.17, 15) is 19.8 Å². The van der Waals surface area contributed by atoms with Crippen molar-refractivity contribution in [3.05, 3.63) is 82.4 Å². The first-order valence-electron chi connectivity index (χ1n) is 13.7. The number of ketones is 1. The van der Waals surface area contributed by atoms with E-state index in [-0.39, 0.29) is 35.5 Å². The molecule has 2 aliphatic heterocycles. The Morgan fingerprint density at radius 1 is 1.05 bits per heavy atom. The van der Waals surface area contributed by atoms with Gasteiger partial charge in [-0.25, -0.2) is 0 Å². The number of nitrogens with zero attached hydrogens (tertiary/aromatic N) is 1. The van der Waals surface area contributed by atoms with Crippen LogP contribution in [0, 0.1) is 29.1 Å². The number of carbonyl (C=O) groups is 2. The van der Waals surface area contributed by atoms with Gasteiger partial charge in [0.15, 0.2) is 5.78 Å². The summed E-state index contributed by atoms with van der Waals surface area (Å²) in [6, 6.07) is 7.85.